The molecule has 0 unspecified atom stereocenters. The summed E-state index contributed by atoms with van der Waals surface area (Å²) in [5.41, 5.74) is -0.794. The van der Waals surface area contributed by atoms with E-state index in [2.05, 4.69) is 5.10 Å². The lowest BCUT2D eigenvalue weighted by molar-refractivity contribution is -0.143. The molecule has 21 heavy (non-hydrogen) atoms. The van der Waals surface area contributed by atoms with Gasteiger partial charge in [0.25, 0.3) is 10.0 Å². The standard InChI is InChI=1S/C11H12F3N3O2S2/c1-16(2)21(18,19)10-5-4-8(20-10)7-6-9(11(12,13)14)17(3)15-7/h4-6H,1-3H3. The maximum Gasteiger partial charge on any atom is 0.433 e. The molecule has 0 amide bonds. The Morgan fingerprint density at radius 2 is 1.90 bits per heavy atom. The van der Waals surface area contributed by atoms with Crippen LogP contribution in [0.2, 0.25) is 0 Å². The van der Waals surface area contributed by atoms with Crippen molar-refractivity contribution in [3.63, 3.8) is 0 Å². The fraction of sp³-hybridized carbons (Fsp3) is 0.364. The first kappa shape index (κ1) is 16.0. The van der Waals surface area contributed by atoms with Crippen LogP contribution in [0.25, 0.3) is 10.6 Å². The van der Waals surface area contributed by atoms with Gasteiger partial charge in [-0.1, -0.05) is 0 Å². The monoisotopic (exact) mass is 339 g/mol. The fourth-order valence-electron chi connectivity index (χ4n) is 1.63. The molecule has 2 rings (SSSR count). The molecule has 0 saturated carbocycles. The van der Waals surface area contributed by atoms with E-state index in [-0.39, 0.29) is 9.90 Å². The van der Waals surface area contributed by atoms with E-state index in [0.717, 1.165) is 26.4 Å². The Hall–Kier alpha value is -1.39. The molecule has 2 aromatic rings. The minimum absolute atomic E-state index is 0.0571. The first-order valence-electron chi connectivity index (χ1n) is 5.67. The van der Waals surface area contributed by atoms with Crippen molar-refractivity contribution in [2.24, 2.45) is 7.05 Å². The van der Waals surface area contributed by atoms with Gasteiger partial charge >= 0.3 is 6.18 Å². The highest BCUT2D eigenvalue weighted by atomic mass is 32.2. The first-order valence-corrected chi connectivity index (χ1v) is 7.93. The quantitative estimate of drug-likeness (QED) is 0.863. The van der Waals surface area contributed by atoms with E-state index in [1.165, 1.54) is 33.3 Å². The molecule has 0 atom stereocenters. The smallest absolute Gasteiger partial charge is 0.263 e. The first-order chi connectivity index (χ1) is 9.53. The Labute approximate surface area is 123 Å². The van der Waals surface area contributed by atoms with Crippen molar-refractivity contribution in [3.05, 3.63) is 23.9 Å². The van der Waals surface area contributed by atoms with Gasteiger partial charge in [-0.2, -0.15) is 18.3 Å². The number of alkyl halides is 3. The highest BCUT2D eigenvalue weighted by Gasteiger charge is 2.35. The Balaban J connectivity index is 2.44. The highest BCUT2D eigenvalue weighted by molar-refractivity contribution is 7.91. The van der Waals surface area contributed by atoms with Crippen molar-refractivity contribution >= 4 is 21.4 Å². The van der Waals surface area contributed by atoms with E-state index >= 15 is 0 Å². The van der Waals surface area contributed by atoms with E-state index in [1.54, 1.807) is 0 Å². The van der Waals surface area contributed by atoms with Crippen LogP contribution in [0.4, 0.5) is 13.2 Å². The molecule has 0 fully saturated rings. The lowest BCUT2D eigenvalue weighted by atomic mass is 10.3. The minimum atomic E-state index is -4.50. The number of aromatic nitrogens is 2. The predicted octanol–water partition coefficient (Wildman–Crippen LogP) is 2.42. The van der Waals surface area contributed by atoms with Crippen LogP contribution in [0.15, 0.2) is 22.4 Å². The zero-order valence-corrected chi connectivity index (χ0v) is 13.0. The summed E-state index contributed by atoms with van der Waals surface area (Å²) in [6.45, 7) is 0. The molecule has 0 aromatic carbocycles. The summed E-state index contributed by atoms with van der Waals surface area (Å²) in [5, 5.41) is 3.79. The van der Waals surface area contributed by atoms with Gasteiger partial charge in [-0.15, -0.1) is 11.3 Å². The van der Waals surface area contributed by atoms with Gasteiger partial charge in [0.05, 0.1) is 4.88 Å². The Morgan fingerprint density at radius 3 is 2.38 bits per heavy atom. The van der Waals surface area contributed by atoms with E-state index in [0.29, 0.717) is 4.88 Å². The molecule has 0 aliphatic rings. The summed E-state index contributed by atoms with van der Waals surface area (Å²) in [4.78, 5) is 0.363. The topological polar surface area (TPSA) is 55.2 Å². The predicted molar refractivity (Wildman–Crippen MR) is 72.4 cm³/mol. The molecule has 0 spiro atoms. The van der Waals surface area contributed by atoms with Crippen LogP contribution in [0.1, 0.15) is 5.69 Å². The highest BCUT2D eigenvalue weighted by Crippen LogP contribution is 2.35. The van der Waals surface area contributed by atoms with Gasteiger partial charge in [0.2, 0.25) is 0 Å². The SMILES string of the molecule is CN(C)S(=O)(=O)c1ccc(-c2cc(C(F)(F)F)n(C)n2)s1. The zero-order chi connectivity index (χ0) is 16.0. The third-order valence-electron chi connectivity index (χ3n) is 2.74. The van der Waals surface area contributed by atoms with Gasteiger partial charge in [-0.05, 0) is 18.2 Å². The summed E-state index contributed by atoms with van der Waals surface area (Å²) < 4.78 is 63.9. The summed E-state index contributed by atoms with van der Waals surface area (Å²) in [6, 6.07) is 3.71. The molecule has 0 aliphatic heterocycles. The van der Waals surface area contributed by atoms with Gasteiger partial charge in [0.15, 0.2) is 0 Å². The summed E-state index contributed by atoms with van der Waals surface area (Å²) in [7, 11) is 0.363. The molecular formula is C11H12F3N3O2S2. The molecule has 2 aromatic heterocycles. The van der Waals surface area contributed by atoms with Crippen LogP contribution >= 0.6 is 11.3 Å². The van der Waals surface area contributed by atoms with Crippen molar-refractivity contribution in [2.45, 2.75) is 10.4 Å². The van der Waals surface area contributed by atoms with Crippen molar-refractivity contribution < 1.29 is 21.6 Å². The molecule has 0 saturated heterocycles. The van der Waals surface area contributed by atoms with Gasteiger partial charge in [0, 0.05) is 21.1 Å². The average Bonchev–Trinajstić information content (AvgIpc) is 2.93. The van der Waals surface area contributed by atoms with E-state index in [4.69, 9.17) is 0 Å². The number of thiophene rings is 1. The summed E-state index contributed by atoms with van der Waals surface area (Å²) >= 11 is 0.881. The maximum atomic E-state index is 12.7. The number of nitrogens with zero attached hydrogens (tertiary/aromatic N) is 3. The van der Waals surface area contributed by atoms with Crippen LogP contribution in [-0.4, -0.2) is 36.6 Å². The fourth-order valence-corrected chi connectivity index (χ4v) is 4.06. The number of sulfonamides is 1. The number of rotatable bonds is 3. The number of halogens is 3. The molecular weight excluding hydrogens is 327 g/mol. The van der Waals surface area contributed by atoms with Gasteiger partial charge in [-0.3, -0.25) is 4.68 Å². The molecule has 2 heterocycles. The van der Waals surface area contributed by atoms with Crippen molar-refractivity contribution in [3.8, 4) is 10.6 Å². The molecule has 0 bridgehead atoms. The van der Waals surface area contributed by atoms with Crippen LogP contribution in [0, 0.1) is 0 Å². The lowest BCUT2D eigenvalue weighted by Gasteiger charge is -2.08. The summed E-state index contributed by atoms with van der Waals surface area (Å²) in [5.74, 6) is 0. The lowest BCUT2D eigenvalue weighted by Crippen LogP contribution is -2.21. The second kappa shape index (κ2) is 5.11. The third kappa shape index (κ3) is 2.97. The molecule has 0 N–H and O–H groups in total. The molecule has 5 nitrogen and oxygen atoms in total. The second-order valence-corrected chi connectivity index (χ2v) is 7.90. The van der Waals surface area contributed by atoms with Crippen LogP contribution in [0.5, 0.6) is 0 Å². The Kier molecular flexibility index (Phi) is 3.89. The molecule has 0 radical (unpaired) electrons. The summed E-state index contributed by atoms with van der Waals surface area (Å²) in [6.07, 6.45) is -4.50. The molecule has 116 valence electrons. The minimum Gasteiger partial charge on any atom is -0.263 e. The van der Waals surface area contributed by atoms with Crippen molar-refractivity contribution in [1.82, 2.24) is 14.1 Å². The zero-order valence-electron chi connectivity index (χ0n) is 11.3. The average molecular weight is 339 g/mol. The van der Waals surface area contributed by atoms with E-state index in [1.807, 2.05) is 0 Å². The maximum absolute atomic E-state index is 12.7. The van der Waals surface area contributed by atoms with Crippen molar-refractivity contribution in [1.29, 1.82) is 0 Å². The molecule has 0 aliphatic carbocycles. The van der Waals surface area contributed by atoms with Gasteiger partial charge < -0.3 is 0 Å². The van der Waals surface area contributed by atoms with Crippen LogP contribution in [0.3, 0.4) is 0 Å². The Bertz CT molecular complexity index is 760. The van der Waals surface area contributed by atoms with Gasteiger partial charge in [-0.25, -0.2) is 12.7 Å². The van der Waals surface area contributed by atoms with Crippen LogP contribution in [-0.2, 0) is 23.2 Å². The Morgan fingerprint density at radius 1 is 1.29 bits per heavy atom. The normalized spacial score (nSPS) is 13.1. The number of hydrogen-bond donors (Lipinski definition) is 0. The number of hydrogen-bond acceptors (Lipinski definition) is 4. The largest absolute Gasteiger partial charge is 0.433 e. The van der Waals surface area contributed by atoms with Crippen LogP contribution < -0.4 is 0 Å². The van der Waals surface area contributed by atoms with E-state index < -0.39 is 21.9 Å². The second-order valence-electron chi connectivity index (χ2n) is 4.44. The van der Waals surface area contributed by atoms with Crippen molar-refractivity contribution in [2.75, 3.05) is 14.1 Å². The third-order valence-corrected chi connectivity index (χ3v) is 6.13. The van der Waals surface area contributed by atoms with Gasteiger partial charge in [0.1, 0.15) is 15.6 Å². The number of aryl methyl sites for hydroxylation is 1. The van der Waals surface area contributed by atoms with E-state index in [9.17, 15) is 21.6 Å². The molecule has 10 heteroatoms.